The minimum absolute atomic E-state index is 0.00213. The van der Waals surface area contributed by atoms with Crippen molar-refractivity contribution < 1.29 is 24.0 Å². The molecule has 250 valence electrons. The summed E-state index contributed by atoms with van der Waals surface area (Å²) < 4.78 is 0. The summed E-state index contributed by atoms with van der Waals surface area (Å²) in [7, 11) is 0. The summed E-state index contributed by atoms with van der Waals surface area (Å²) >= 11 is 2.60. The number of fused-ring (bicyclic) bond motifs is 4. The maximum atomic E-state index is 13.5. The molecule has 2 atom stereocenters. The van der Waals surface area contributed by atoms with Crippen molar-refractivity contribution in [2.75, 3.05) is 32.7 Å². The Bertz CT molecular complexity index is 1570. The molecule has 14 heteroatoms. The fraction of sp³-hybridized carbons (Fsp3) is 0.485. The molecule has 2 aliphatic rings. The summed E-state index contributed by atoms with van der Waals surface area (Å²) in [6.07, 6.45) is 2.95. The van der Waals surface area contributed by atoms with Crippen LogP contribution >= 0.6 is 22.7 Å². The molecule has 1 saturated heterocycles. The van der Waals surface area contributed by atoms with E-state index in [-0.39, 0.29) is 72.9 Å². The fourth-order valence-electron chi connectivity index (χ4n) is 5.65. The molecule has 1 fully saturated rings. The highest BCUT2D eigenvalue weighted by Crippen LogP contribution is 2.27. The molecule has 1 aromatic carbocycles. The van der Waals surface area contributed by atoms with E-state index in [9.17, 15) is 24.0 Å². The summed E-state index contributed by atoms with van der Waals surface area (Å²) in [5.74, 6) is -1.16. The van der Waals surface area contributed by atoms with E-state index in [1.54, 1.807) is 15.7 Å². The van der Waals surface area contributed by atoms with E-state index < -0.39 is 12.1 Å². The molecule has 0 saturated carbocycles. The van der Waals surface area contributed by atoms with E-state index in [1.165, 1.54) is 27.6 Å². The molecule has 2 aliphatic heterocycles. The predicted molar refractivity (Wildman–Crippen MR) is 179 cm³/mol. The number of nitrogens with one attached hydrogen (secondary N) is 3. The van der Waals surface area contributed by atoms with Crippen molar-refractivity contribution >= 4 is 52.2 Å². The molecule has 3 N–H and O–H groups in total. The number of rotatable bonds is 7. The van der Waals surface area contributed by atoms with Gasteiger partial charge >= 0.3 is 0 Å². The van der Waals surface area contributed by atoms with Crippen LogP contribution in [0.2, 0.25) is 0 Å². The van der Waals surface area contributed by atoms with Crippen LogP contribution in [-0.2, 0) is 20.8 Å². The second-order valence-corrected chi connectivity index (χ2v) is 13.9. The molecule has 5 amide bonds. The lowest BCUT2D eigenvalue weighted by molar-refractivity contribution is -0.136. The number of aromatic nitrogens is 2. The number of benzene rings is 1. The lowest BCUT2D eigenvalue weighted by atomic mass is 10.0. The molecule has 0 aliphatic carbocycles. The first-order valence-electron chi connectivity index (χ1n) is 16.1. The first-order chi connectivity index (χ1) is 22.7. The van der Waals surface area contributed by atoms with Gasteiger partial charge in [-0.05, 0) is 37.2 Å². The highest BCUT2D eigenvalue weighted by atomic mass is 32.1. The Morgan fingerprint density at radius 3 is 2.38 bits per heavy atom. The van der Waals surface area contributed by atoms with Crippen LogP contribution in [0.1, 0.15) is 94.6 Å². The van der Waals surface area contributed by atoms with Crippen LogP contribution in [0.5, 0.6) is 0 Å². The van der Waals surface area contributed by atoms with Crippen LogP contribution in [-0.4, -0.2) is 82.0 Å². The summed E-state index contributed by atoms with van der Waals surface area (Å²) in [4.78, 5) is 77.7. The van der Waals surface area contributed by atoms with Crippen LogP contribution in [0.3, 0.4) is 0 Å². The van der Waals surface area contributed by atoms with Gasteiger partial charge in [-0.3, -0.25) is 24.0 Å². The normalized spacial score (nSPS) is 19.9. The highest BCUT2D eigenvalue weighted by Gasteiger charge is 2.28. The SMILES string of the molecule is CC(C)[C@@H]1NC(=O)c2csc(n2)[C@H](Cc2ccccc2)NC(=O)CN(C(=O)CCCN2CCCC2=O)CCCNC(=O)c2csc1n2. The maximum absolute atomic E-state index is 13.5. The monoisotopic (exact) mass is 679 g/mol. The second kappa shape index (κ2) is 16.1. The van der Waals surface area contributed by atoms with Gasteiger partial charge in [0, 0.05) is 49.8 Å². The standard InChI is InChI=1S/C33H41N7O5S2/c1-21(2)29-33-37-24(19-47-33)30(44)34-13-8-16-40(28(43)12-7-15-39-14-6-11-27(39)42)18-26(41)35-23(17-22-9-4-3-5-10-22)32-36-25(20-46-32)31(45)38-29/h3-5,9-10,19-21,23,29H,6-8,11-18H2,1-2H3,(H,34,44)(H,35,41)(H,38,45)/t23-,29-/m0/s1. The fourth-order valence-corrected chi connectivity index (χ4v) is 7.52. The van der Waals surface area contributed by atoms with Gasteiger partial charge < -0.3 is 25.8 Å². The van der Waals surface area contributed by atoms with Crippen molar-refractivity contribution in [3.05, 3.63) is 68.1 Å². The predicted octanol–water partition coefficient (Wildman–Crippen LogP) is 3.49. The Morgan fingerprint density at radius 1 is 0.936 bits per heavy atom. The lowest BCUT2D eigenvalue weighted by Gasteiger charge is -2.25. The first-order valence-corrected chi connectivity index (χ1v) is 17.8. The molecular formula is C33H41N7O5S2. The van der Waals surface area contributed by atoms with Gasteiger partial charge in [0.25, 0.3) is 11.8 Å². The third-order valence-corrected chi connectivity index (χ3v) is 10.1. The molecule has 4 heterocycles. The van der Waals surface area contributed by atoms with E-state index in [1.807, 2.05) is 44.2 Å². The van der Waals surface area contributed by atoms with Gasteiger partial charge in [0.15, 0.2) is 0 Å². The molecule has 0 unspecified atom stereocenters. The maximum Gasteiger partial charge on any atom is 0.271 e. The molecule has 3 aromatic rings. The van der Waals surface area contributed by atoms with Crippen molar-refractivity contribution in [1.29, 1.82) is 0 Å². The van der Waals surface area contributed by atoms with E-state index in [4.69, 9.17) is 0 Å². The lowest BCUT2D eigenvalue weighted by Crippen LogP contribution is -2.43. The quantitative estimate of drug-likeness (QED) is 0.346. The third-order valence-electron chi connectivity index (χ3n) is 8.21. The zero-order valence-electron chi connectivity index (χ0n) is 26.7. The van der Waals surface area contributed by atoms with Gasteiger partial charge in [0.1, 0.15) is 21.4 Å². The summed E-state index contributed by atoms with van der Waals surface area (Å²) in [6.45, 7) is 5.52. The Labute approximate surface area is 282 Å². The topological polar surface area (TPSA) is 154 Å². The number of thiazole rings is 2. The van der Waals surface area contributed by atoms with Crippen LogP contribution in [0.4, 0.5) is 0 Å². The van der Waals surface area contributed by atoms with Gasteiger partial charge in [-0.15, -0.1) is 22.7 Å². The van der Waals surface area contributed by atoms with Crippen molar-refractivity contribution in [3.63, 3.8) is 0 Å². The van der Waals surface area contributed by atoms with Crippen LogP contribution in [0.25, 0.3) is 0 Å². The Hall–Kier alpha value is -4.17. The van der Waals surface area contributed by atoms with Crippen molar-refractivity contribution in [2.24, 2.45) is 5.92 Å². The van der Waals surface area contributed by atoms with E-state index >= 15 is 0 Å². The Balaban J connectivity index is 1.38. The van der Waals surface area contributed by atoms with E-state index in [2.05, 4.69) is 25.9 Å². The van der Waals surface area contributed by atoms with Gasteiger partial charge in [-0.1, -0.05) is 44.2 Å². The summed E-state index contributed by atoms with van der Waals surface area (Å²) in [6, 6.07) is 8.74. The molecule has 2 aromatic heterocycles. The average molecular weight is 680 g/mol. The zero-order chi connectivity index (χ0) is 33.3. The van der Waals surface area contributed by atoms with Crippen molar-refractivity contribution in [3.8, 4) is 0 Å². The molecular weight excluding hydrogens is 639 g/mol. The number of likely N-dealkylation sites (tertiary alicyclic amines) is 1. The van der Waals surface area contributed by atoms with Gasteiger partial charge in [0.2, 0.25) is 17.7 Å². The molecule has 0 spiro atoms. The summed E-state index contributed by atoms with van der Waals surface area (Å²) in [5.41, 5.74) is 1.46. The molecule has 12 nitrogen and oxygen atoms in total. The van der Waals surface area contributed by atoms with Crippen molar-refractivity contribution in [2.45, 2.75) is 64.5 Å². The number of hydrogen-bond donors (Lipinski definition) is 3. The number of carbonyl (C=O) groups excluding carboxylic acids is 5. The molecule has 4 bridgehead atoms. The van der Waals surface area contributed by atoms with Crippen molar-refractivity contribution in [1.82, 2.24) is 35.7 Å². The van der Waals surface area contributed by atoms with Gasteiger partial charge in [-0.25, -0.2) is 9.97 Å². The molecule has 0 radical (unpaired) electrons. The highest BCUT2D eigenvalue weighted by molar-refractivity contribution is 7.10. The number of nitrogens with zero attached hydrogens (tertiary/aromatic N) is 4. The number of amides is 5. The van der Waals surface area contributed by atoms with Gasteiger partial charge in [-0.2, -0.15) is 0 Å². The van der Waals surface area contributed by atoms with Crippen LogP contribution in [0.15, 0.2) is 41.1 Å². The minimum atomic E-state index is -0.529. The van der Waals surface area contributed by atoms with E-state index in [0.29, 0.717) is 48.8 Å². The van der Waals surface area contributed by atoms with E-state index in [0.717, 1.165) is 12.0 Å². The summed E-state index contributed by atoms with van der Waals surface area (Å²) in [5, 5.41) is 13.5. The third kappa shape index (κ3) is 9.22. The second-order valence-electron chi connectivity index (χ2n) is 12.2. The zero-order valence-corrected chi connectivity index (χ0v) is 28.3. The number of hydrogen-bond acceptors (Lipinski definition) is 9. The first kappa shape index (κ1) is 34.2. The minimum Gasteiger partial charge on any atom is -0.351 e. The Morgan fingerprint density at radius 2 is 1.66 bits per heavy atom. The molecule has 47 heavy (non-hydrogen) atoms. The average Bonchev–Trinajstić information content (AvgIpc) is 3.83. The molecule has 5 rings (SSSR count). The number of carbonyl (C=O) groups is 5. The van der Waals surface area contributed by atoms with Gasteiger partial charge in [0.05, 0.1) is 18.6 Å². The smallest absolute Gasteiger partial charge is 0.271 e. The van der Waals surface area contributed by atoms with Crippen LogP contribution < -0.4 is 16.0 Å². The largest absolute Gasteiger partial charge is 0.351 e. The van der Waals surface area contributed by atoms with Crippen LogP contribution in [0, 0.1) is 5.92 Å². The Kier molecular flexibility index (Phi) is 11.7.